The first-order valence-corrected chi connectivity index (χ1v) is 4.93. The zero-order valence-corrected chi connectivity index (χ0v) is 9.31. The third kappa shape index (κ3) is 2.99. The van der Waals surface area contributed by atoms with Crippen molar-refractivity contribution in [1.29, 1.82) is 0 Å². The number of carboxylic acids is 1. The second-order valence-electron chi connectivity index (χ2n) is 3.52. The summed E-state index contributed by atoms with van der Waals surface area (Å²) in [7, 11) is 0. The third-order valence-corrected chi connectivity index (χ3v) is 2.26. The summed E-state index contributed by atoms with van der Waals surface area (Å²) in [4.78, 5) is 21.7. The molecular weight excluding hydrogens is 251 g/mol. The molecule has 0 aliphatic heterocycles. The van der Waals surface area contributed by atoms with Crippen molar-refractivity contribution in [2.24, 2.45) is 0 Å². The van der Waals surface area contributed by atoms with Gasteiger partial charge in [-0.15, -0.1) is 13.2 Å². The normalized spacial score (nSPS) is 12.9. The summed E-state index contributed by atoms with van der Waals surface area (Å²) >= 11 is 0. The summed E-state index contributed by atoms with van der Waals surface area (Å²) in [6.45, 7) is 0.802. The van der Waals surface area contributed by atoms with Gasteiger partial charge in [-0.2, -0.15) is 0 Å². The summed E-state index contributed by atoms with van der Waals surface area (Å²) in [5.41, 5.74) is -0.220. The van der Waals surface area contributed by atoms with Crippen molar-refractivity contribution in [2.45, 2.75) is 19.3 Å². The minimum Gasteiger partial charge on any atom is -0.480 e. The van der Waals surface area contributed by atoms with Gasteiger partial charge in [0, 0.05) is 5.56 Å². The Labute approximate surface area is 101 Å². The second-order valence-corrected chi connectivity index (χ2v) is 3.52. The van der Waals surface area contributed by atoms with Gasteiger partial charge in [0.05, 0.1) is 0 Å². The minimum atomic E-state index is -5.05. The maximum absolute atomic E-state index is 12.7. The number of hydrogen-bond acceptors (Lipinski definition) is 2. The molecule has 0 radical (unpaired) electrons. The molecule has 0 saturated carbocycles. The highest BCUT2D eigenvalue weighted by molar-refractivity contribution is 5.96. The molecule has 98 valence electrons. The van der Waals surface area contributed by atoms with E-state index in [0.29, 0.717) is 0 Å². The molecule has 0 aliphatic rings. The number of alkyl halides is 3. The summed E-state index contributed by atoms with van der Waals surface area (Å²) in [5.74, 6) is -3.12. The Kier molecular flexibility index (Phi) is 3.95. The summed E-state index contributed by atoms with van der Waals surface area (Å²) in [6, 6.07) is 4.72. The Morgan fingerprint density at radius 3 is 2.11 bits per heavy atom. The standard InChI is InChI=1S/C11H10F3NO3/c1-7(10(17)18)15(11(12,13)14)9(16)8-5-3-2-4-6-8/h2-7H,1H3,(H,17,18). The average Bonchev–Trinajstić information content (AvgIpc) is 2.28. The molecule has 7 heteroatoms. The molecule has 0 heterocycles. The lowest BCUT2D eigenvalue weighted by atomic mass is 10.1. The summed E-state index contributed by atoms with van der Waals surface area (Å²) in [5, 5.41) is 8.62. The molecule has 0 bridgehead atoms. The van der Waals surface area contributed by atoms with Crippen molar-refractivity contribution in [3.8, 4) is 0 Å². The van der Waals surface area contributed by atoms with Crippen LogP contribution in [0.15, 0.2) is 30.3 Å². The summed E-state index contributed by atoms with van der Waals surface area (Å²) < 4.78 is 38.1. The van der Waals surface area contributed by atoms with Gasteiger partial charge in [0.1, 0.15) is 6.04 Å². The van der Waals surface area contributed by atoms with Gasteiger partial charge in [-0.25, -0.2) is 9.69 Å². The quantitative estimate of drug-likeness (QED) is 0.848. The molecule has 0 saturated heterocycles. The van der Waals surface area contributed by atoms with Crippen LogP contribution in [0.2, 0.25) is 0 Å². The number of carboxylic acid groups (broad SMARTS) is 1. The van der Waals surface area contributed by atoms with Crippen LogP contribution in [-0.2, 0) is 4.79 Å². The number of aliphatic carboxylic acids is 1. The second kappa shape index (κ2) is 5.07. The monoisotopic (exact) mass is 261 g/mol. The fourth-order valence-corrected chi connectivity index (χ4v) is 1.34. The Morgan fingerprint density at radius 2 is 1.72 bits per heavy atom. The van der Waals surface area contributed by atoms with Crippen LogP contribution in [0.3, 0.4) is 0 Å². The number of nitrogens with zero attached hydrogens (tertiary/aromatic N) is 1. The van der Waals surface area contributed by atoms with E-state index in [1.807, 2.05) is 0 Å². The maximum atomic E-state index is 12.7. The highest BCUT2D eigenvalue weighted by Crippen LogP contribution is 2.26. The average molecular weight is 261 g/mol. The van der Waals surface area contributed by atoms with Gasteiger partial charge >= 0.3 is 12.3 Å². The molecule has 1 aromatic rings. The molecule has 1 amide bonds. The number of benzene rings is 1. The topological polar surface area (TPSA) is 57.6 Å². The van der Waals surface area contributed by atoms with E-state index in [2.05, 4.69) is 0 Å². The molecular formula is C11H10F3NO3. The van der Waals surface area contributed by atoms with Crippen LogP contribution in [0.5, 0.6) is 0 Å². The van der Waals surface area contributed by atoms with Crippen LogP contribution in [0.4, 0.5) is 13.2 Å². The lowest BCUT2D eigenvalue weighted by Crippen LogP contribution is -2.51. The van der Waals surface area contributed by atoms with Gasteiger partial charge in [-0.3, -0.25) is 4.79 Å². The largest absolute Gasteiger partial charge is 0.488 e. The Bertz CT molecular complexity index is 445. The van der Waals surface area contributed by atoms with Gasteiger partial charge in [0.15, 0.2) is 0 Å². The summed E-state index contributed by atoms with van der Waals surface area (Å²) in [6.07, 6.45) is -5.05. The first kappa shape index (κ1) is 14.0. The van der Waals surface area contributed by atoms with Gasteiger partial charge in [0.2, 0.25) is 0 Å². The highest BCUT2D eigenvalue weighted by Gasteiger charge is 2.46. The molecule has 18 heavy (non-hydrogen) atoms. The van der Waals surface area contributed by atoms with Crippen molar-refractivity contribution in [3.05, 3.63) is 35.9 Å². The van der Waals surface area contributed by atoms with Gasteiger partial charge in [-0.05, 0) is 19.1 Å². The molecule has 0 spiro atoms. The first-order valence-electron chi connectivity index (χ1n) is 4.93. The van der Waals surface area contributed by atoms with Crippen LogP contribution in [0, 0.1) is 0 Å². The van der Waals surface area contributed by atoms with Gasteiger partial charge < -0.3 is 5.11 Å². The zero-order chi connectivity index (χ0) is 13.9. The number of amides is 1. The van der Waals surface area contributed by atoms with E-state index in [4.69, 9.17) is 5.11 Å². The smallest absolute Gasteiger partial charge is 0.480 e. The van der Waals surface area contributed by atoms with E-state index >= 15 is 0 Å². The van der Waals surface area contributed by atoms with Gasteiger partial charge in [-0.1, -0.05) is 18.2 Å². The zero-order valence-electron chi connectivity index (χ0n) is 9.31. The minimum absolute atomic E-state index is 0.220. The van der Waals surface area contributed by atoms with Crippen molar-refractivity contribution < 1.29 is 27.9 Å². The van der Waals surface area contributed by atoms with E-state index in [9.17, 15) is 22.8 Å². The molecule has 1 N–H and O–H groups in total. The van der Waals surface area contributed by atoms with Crippen molar-refractivity contribution in [2.75, 3.05) is 0 Å². The molecule has 1 atom stereocenters. The SMILES string of the molecule is CC(C(=O)O)N(C(=O)c1ccccc1)C(F)(F)F. The van der Waals surface area contributed by atoms with Crippen LogP contribution in [0.1, 0.15) is 17.3 Å². The number of carbonyl (C=O) groups excluding carboxylic acids is 1. The van der Waals surface area contributed by atoms with E-state index in [0.717, 1.165) is 6.92 Å². The molecule has 1 rings (SSSR count). The predicted molar refractivity (Wildman–Crippen MR) is 55.8 cm³/mol. The lowest BCUT2D eigenvalue weighted by Gasteiger charge is -2.28. The maximum Gasteiger partial charge on any atom is 0.488 e. The Balaban J connectivity index is 3.13. The van der Waals surface area contributed by atoms with Crippen LogP contribution >= 0.6 is 0 Å². The van der Waals surface area contributed by atoms with E-state index in [1.54, 1.807) is 0 Å². The molecule has 4 nitrogen and oxygen atoms in total. The Morgan fingerprint density at radius 1 is 1.22 bits per heavy atom. The van der Waals surface area contributed by atoms with Crippen LogP contribution in [-0.4, -0.2) is 34.2 Å². The van der Waals surface area contributed by atoms with Crippen molar-refractivity contribution >= 4 is 11.9 Å². The van der Waals surface area contributed by atoms with Crippen molar-refractivity contribution in [3.63, 3.8) is 0 Å². The van der Waals surface area contributed by atoms with E-state index in [-0.39, 0.29) is 5.56 Å². The highest BCUT2D eigenvalue weighted by atomic mass is 19.4. The number of rotatable bonds is 3. The molecule has 1 unspecified atom stereocenters. The van der Waals surface area contributed by atoms with E-state index in [1.165, 1.54) is 30.3 Å². The predicted octanol–water partition coefficient (Wildman–Crippen LogP) is 2.12. The van der Waals surface area contributed by atoms with Crippen LogP contribution < -0.4 is 0 Å². The Hall–Kier alpha value is -2.05. The number of hydrogen-bond donors (Lipinski definition) is 1. The fourth-order valence-electron chi connectivity index (χ4n) is 1.34. The van der Waals surface area contributed by atoms with Gasteiger partial charge in [0.25, 0.3) is 5.91 Å². The third-order valence-electron chi connectivity index (χ3n) is 2.26. The molecule has 1 aromatic carbocycles. The lowest BCUT2D eigenvalue weighted by molar-refractivity contribution is -0.236. The molecule has 0 fully saturated rings. The molecule has 0 aromatic heterocycles. The van der Waals surface area contributed by atoms with E-state index < -0.39 is 29.1 Å². The number of carbonyl (C=O) groups is 2. The van der Waals surface area contributed by atoms with Crippen LogP contribution in [0.25, 0.3) is 0 Å². The first-order chi connectivity index (χ1) is 8.25. The molecule has 0 aliphatic carbocycles. The van der Waals surface area contributed by atoms with Crippen molar-refractivity contribution in [1.82, 2.24) is 4.90 Å². The number of halogens is 3. The fraction of sp³-hybridized carbons (Fsp3) is 0.273.